The third kappa shape index (κ3) is 3.01. The molecular formula is C22H16BrN3O5S. The predicted molar refractivity (Wildman–Crippen MR) is 123 cm³/mol. The van der Waals surface area contributed by atoms with E-state index in [4.69, 9.17) is 9.15 Å². The Bertz CT molecular complexity index is 1480. The molecule has 2 aromatic carbocycles. The molecule has 10 heteroatoms. The highest BCUT2D eigenvalue weighted by Gasteiger charge is 2.45. The van der Waals surface area contributed by atoms with Crippen molar-refractivity contribution in [2.24, 2.45) is 0 Å². The molecule has 0 saturated carbocycles. The van der Waals surface area contributed by atoms with Crippen molar-refractivity contribution >= 4 is 49.3 Å². The van der Waals surface area contributed by atoms with E-state index in [2.05, 4.69) is 26.1 Å². The first-order valence-electron chi connectivity index (χ1n) is 9.57. The number of hydrogen-bond donors (Lipinski definition) is 1. The highest BCUT2D eigenvalue weighted by atomic mass is 79.9. The molecule has 3 heterocycles. The maximum absolute atomic E-state index is 13.6. The third-order valence-corrected chi connectivity index (χ3v) is 6.78. The molecule has 0 saturated heterocycles. The lowest BCUT2D eigenvalue weighted by molar-refractivity contribution is 0.0970. The lowest BCUT2D eigenvalue weighted by atomic mass is 9.98. The average molecular weight is 514 g/mol. The zero-order chi connectivity index (χ0) is 22.7. The summed E-state index contributed by atoms with van der Waals surface area (Å²) in [4.78, 5) is 28.5. The van der Waals surface area contributed by atoms with E-state index in [1.807, 2.05) is 13.0 Å². The predicted octanol–water partition coefficient (Wildman–Crippen LogP) is 4.49. The zero-order valence-corrected chi connectivity index (χ0v) is 19.6. The first kappa shape index (κ1) is 20.7. The van der Waals surface area contributed by atoms with E-state index in [0.29, 0.717) is 31.1 Å². The van der Waals surface area contributed by atoms with E-state index in [-0.39, 0.29) is 28.3 Å². The molecule has 1 aliphatic rings. The van der Waals surface area contributed by atoms with Gasteiger partial charge in [0, 0.05) is 0 Å². The number of phenolic OH excluding ortho intramolecular Hbond substituents is 1. The minimum Gasteiger partial charge on any atom is -0.503 e. The second-order valence-corrected chi connectivity index (χ2v) is 9.42. The number of anilines is 1. The number of methoxy groups -OCH3 is 1. The normalized spacial score (nSPS) is 15.4. The number of hydrogen-bond acceptors (Lipinski definition) is 8. The molecule has 0 fully saturated rings. The Hall–Kier alpha value is -3.24. The van der Waals surface area contributed by atoms with Gasteiger partial charge in [0.1, 0.15) is 10.6 Å². The number of benzene rings is 2. The van der Waals surface area contributed by atoms with Crippen LogP contribution >= 0.6 is 27.3 Å². The van der Waals surface area contributed by atoms with Crippen LogP contribution in [0.5, 0.6) is 11.5 Å². The summed E-state index contributed by atoms with van der Waals surface area (Å²) in [7, 11) is 1.43. The second kappa shape index (κ2) is 7.42. The Balaban J connectivity index is 1.85. The highest BCUT2D eigenvalue weighted by Crippen LogP contribution is 2.45. The summed E-state index contributed by atoms with van der Waals surface area (Å²) in [5, 5.41) is 19.8. The van der Waals surface area contributed by atoms with E-state index in [1.165, 1.54) is 23.3 Å². The Kier molecular flexibility index (Phi) is 4.79. The quantitative estimate of drug-likeness (QED) is 0.430. The molecule has 8 nitrogen and oxygen atoms in total. The fourth-order valence-corrected chi connectivity index (χ4v) is 5.06. The van der Waals surface area contributed by atoms with Crippen molar-refractivity contribution in [2.45, 2.75) is 19.9 Å². The number of aryl methyl sites for hydroxylation is 2. The second-order valence-electron chi connectivity index (χ2n) is 7.41. The standard InChI is InChI=1S/C22H16BrN3O5S/c1-9-4-5-14-12(6-9)18(27)16-17(11-7-13(23)19(28)15(8-11)30-3)26(21(29)20(16)31-14)22-25-24-10(2)32-22/h4-8,17,28H,1-3H3. The molecule has 4 aromatic rings. The maximum atomic E-state index is 13.6. The van der Waals surface area contributed by atoms with Gasteiger partial charge in [-0.3, -0.25) is 14.5 Å². The van der Waals surface area contributed by atoms with E-state index in [1.54, 1.807) is 31.2 Å². The summed E-state index contributed by atoms with van der Waals surface area (Å²) in [5.74, 6) is -0.402. The Labute approximate surface area is 194 Å². The molecule has 1 amide bonds. The number of halogens is 1. The minimum atomic E-state index is -0.836. The summed E-state index contributed by atoms with van der Waals surface area (Å²) in [6.45, 7) is 3.66. The zero-order valence-electron chi connectivity index (χ0n) is 17.2. The van der Waals surface area contributed by atoms with Gasteiger partial charge in [0.15, 0.2) is 16.9 Å². The average Bonchev–Trinajstić information content (AvgIpc) is 3.31. The lowest BCUT2D eigenvalue weighted by Crippen LogP contribution is -2.29. The van der Waals surface area contributed by atoms with Crippen molar-refractivity contribution in [3.05, 3.63) is 72.5 Å². The fourth-order valence-electron chi connectivity index (χ4n) is 3.89. The van der Waals surface area contributed by atoms with Crippen LogP contribution in [0.25, 0.3) is 11.0 Å². The number of nitrogens with zero attached hydrogens (tertiary/aromatic N) is 3. The van der Waals surface area contributed by atoms with Crippen molar-refractivity contribution in [1.82, 2.24) is 10.2 Å². The molecule has 0 bridgehead atoms. The molecular weight excluding hydrogens is 498 g/mol. The number of carbonyl (C=O) groups excluding carboxylic acids is 1. The van der Waals surface area contributed by atoms with E-state index in [9.17, 15) is 14.7 Å². The van der Waals surface area contributed by atoms with Crippen LogP contribution in [0.4, 0.5) is 5.13 Å². The van der Waals surface area contributed by atoms with Crippen LogP contribution < -0.4 is 15.1 Å². The molecule has 1 aliphatic heterocycles. The molecule has 1 unspecified atom stereocenters. The van der Waals surface area contributed by atoms with E-state index >= 15 is 0 Å². The van der Waals surface area contributed by atoms with Gasteiger partial charge in [-0.25, -0.2) is 0 Å². The first-order valence-corrected chi connectivity index (χ1v) is 11.2. The molecule has 0 radical (unpaired) electrons. The Morgan fingerprint density at radius 2 is 1.97 bits per heavy atom. The van der Waals surface area contributed by atoms with E-state index in [0.717, 1.165) is 5.56 Å². The van der Waals surface area contributed by atoms with Gasteiger partial charge in [0.2, 0.25) is 10.9 Å². The van der Waals surface area contributed by atoms with Gasteiger partial charge in [-0.05, 0) is 59.6 Å². The molecule has 5 rings (SSSR count). The topological polar surface area (TPSA) is 106 Å². The van der Waals surface area contributed by atoms with Gasteiger partial charge in [-0.2, -0.15) is 0 Å². The summed E-state index contributed by atoms with van der Waals surface area (Å²) in [6, 6.07) is 7.65. The monoisotopic (exact) mass is 513 g/mol. The molecule has 162 valence electrons. The molecule has 32 heavy (non-hydrogen) atoms. The smallest absolute Gasteiger partial charge is 0.297 e. The lowest BCUT2D eigenvalue weighted by Gasteiger charge is -2.23. The van der Waals surface area contributed by atoms with Crippen LogP contribution in [-0.2, 0) is 0 Å². The number of aromatic hydroxyl groups is 1. The number of phenols is 1. The van der Waals surface area contributed by atoms with E-state index < -0.39 is 11.9 Å². The van der Waals surface area contributed by atoms with Gasteiger partial charge < -0.3 is 14.3 Å². The van der Waals surface area contributed by atoms with Crippen molar-refractivity contribution in [3.63, 3.8) is 0 Å². The van der Waals surface area contributed by atoms with Crippen molar-refractivity contribution in [2.75, 3.05) is 12.0 Å². The first-order chi connectivity index (χ1) is 15.3. The van der Waals surface area contributed by atoms with Crippen LogP contribution in [0.2, 0.25) is 0 Å². The van der Waals surface area contributed by atoms with Crippen LogP contribution in [-0.4, -0.2) is 28.3 Å². The number of fused-ring (bicyclic) bond motifs is 2. The summed E-state index contributed by atoms with van der Waals surface area (Å²) < 4.78 is 11.6. The summed E-state index contributed by atoms with van der Waals surface area (Å²) >= 11 is 4.56. The van der Waals surface area contributed by atoms with Crippen molar-refractivity contribution < 1.29 is 19.1 Å². The summed E-state index contributed by atoms with van der Waals surface area (Å²) in [6.07, 6.45) is 0. The van der Waals surface area contributed by atoms with Crippen LogP contribution in [0.15, 0.2) is 44.0 Å². The number of rotatable bonds is 3. The Morgan fingerprint density at radius 1 is 1.19 bits per heavy atom. The molecule has 1 atom stereocenters. The largest absolute Gasteiger partial charge is 0.503 e. The van der Waals surface area contributed by atoms with Crippen molar-refractivity contribution in [1.29, 1.82) is 0 Å². The molecule has 0 spiro atoms. The fraction of sp³-hybridized carbons (Fsp3) is 0.182. The highest BCUT2D eigenvalue weighted by molar-refractivity contribution is 9.10. The van der Waals surface area contributed by atoms with Gasteiger partial charge in [-0.15, -0.1) is 10.2 Å². The molecule has 0 aliphatic carbocycles. The van der Waals surface area contributed by atoms with Gasteiger partial charge >= 0.3 is 0 Å². The molecule has 2 aromatic heterocycles. The number of ether oxygens (including phenoxy) is 1. The van der Waals surface area contributed by atoms with Crippen LogP contribution in [0.1, 0.15) is 38.3 Å². The SMILES string of the molecule is COc1cc(C2c3c(oc4ccc(C)cc4c3=O)C(=O)N2c2nnc(C)s2)cc(Br)c1O. The third-order valence-electron chi connectivity index (χ3n) is 5.33. The number of aromatic nitrogens is 2. The molecule has 1 N–H and O–H groups in total. The number of carbonyl (C=O) groups is 1. The number of amides is 1. The maximum Gasteiger partial charge on any atom is 0.297 e. The van der Waals surface area contributed by atoms with Crippen molar-refractivity contribution in [3.8, 4) is 11.5 Å². The summed E-state index contributed by atoms with van der Waals surface area (Å²) in [5.41, 5.74) is 1.70. The van der Waals surface area contributed by atoms with Crippen LogP contribution in [0, 0.1) is 13.8 Å². The Morgan fingerprint density at radius 3 is 2.66 bits per heavy atom. The van der Waals surface area contributed by atoms with Crippen LogP contribution in [0.3, 0.4) is 0 Å². The van der Waals surface area contributed by atoms with Gasteiger partial charge in [0.05, 0.1) is 28.6 Å². The van der Waals surface area contributed by atoms with Gasteiger partial charge in [0.25, 0.3) is 5.91 Å². The minimum absolute atomic E-state index is 0.0348. The van der Waals surface area contributed by atoms with Gasteiger partial charge in [-0.1, -0.05) is 23.0 Å².